The molecule has 0 aliphatic rings. The second-order valence-electron chi connectivity index (χ2n) is 11.6. The van der Waals surface area contributed by atoms with E-state index in [0.29, 0.717) is 0 Å². The number of unbranched alkanes of at least 4 members (excludes halogenated alkanes) is 23. The van der Waals surface area contributed by atoms with Crippen molar-refractivity contribution >= 4 is 0 Å². The number of hydrogen-bond acceptors (Lipinski definition) is 0. The second kappa shape index (κ2) is 36.0. The van der Waals surface area contributed by atoms with Crippen LogP contribution in [0.3, 0.4) is 0 Å². The third-order valence-electron chi connectivity index (χ3n) is 7.62. The third-order valence-corrected chi connectivity index (χ3v) is 7.62. The predicted molar refractivity (Wildman–Crippen MR) is 177 cm³/mol. The van der Waals surface area contributed by atoms with E-state index in [1.54, 1.807) is 0 Å². The van der Waals surface area contributed by atoms with Crippen LogP contribution in [0.15, 0.2) is 48.6 Å². The fraction of sp³-hybridized carbons (Fsp3) is 0.789. The molecule has 0 nitrogen and oxygen atoms in total. The summed E-state index contributed by atoms with van der Waals surface area (Å²) in [5, 5.41) is 0. The average molecular weight is 527 g/mol. The van der Waals surface area contributed by atoms with Gasteiger partial charge in [-0.25, -0.2) is 0 Å². The standard InChI is InChI=1S/C38H70/c1-3-5-7-9-11-13-15-17-19-21-23-25-27-29-31-33-35-37-38-36-34-32-30-28-26-24-22-20-18-16-14-12-10-8-6-4-2/h25-28,33-36H,3-24,29-32,37-38H2,1-2H3/b27-25-,28-26-,35-33-,36-34-. The Morgan fingerprint density at radius 2 is 0.395 bits per heavy atom. The molecular formula is C38H70. The molecular weight excluding hydrogens is 456 g/mol. The first-order valence-corrected chi connectivity index (χ1v) is 17.5. The first kappa shape index (κ1) is 37.0. The number of allylic oxidation sites excluding steroid dienone is 8. The maximum absolute atomic E-state index is 2.41. The molecule has 0 fully saturated rings. The predicted octanol–water partition coefficient (Wildman–Crippen LogP) is 14.2. The molecule has 0 aromatic rings. The zero-order valence-electron chi connectivity index (χ0n) is 26.4. The van der Waals surface area contributed by atoms with E-state index in [4.69, 9.17) is 0 Å². The summed E-state index contributed by atoms with van der Waals surface area (Å²) >= 11 is 0. The van der Waals surface area contributed by atoms with Crippen LogP contribution in [-0.4, -0.2) is 0 Å². The molecule has 0 aromatic carbocycles. The maximum Gasteiger partial charge on any atom is -0.0316 e. The molecule has 0 N–H and O–H groups in total. The lowest BCUT2D eigenvalue weighted by Gasteiger charge is -2.01. The summed E-state index contributed by atoms with van der Waals surface area (Å²) in [4.78, 5) is 0. The van der Waals surface area contributed by atoms with Crippen LogP contribution in [0.25, 0.3) is 0 Å². The Labute approximate surface area is 241 Å². The van der Waals surface area contributed by atoms with Gasteiger partial charge in [0.1, 0.15) is 0 Å². The Hall–Kier alpha value is -1.04. The molecule has 0 bridgehead atoms. The van der Waals surface area contributed by atoms with Crippen molar-refractivity contribution in [3.05, 3.63) is 48.6 Å². The van der Waals surface area contributed by atoms with Gasteiger partial charge in [-0.1, -0.05) is 178 Å². The van der Waals surface area contributed by atoms with Gasteiger partial charge in [0.2, 0.25) is 0 Å². The minimum atomic E-state index is 1.19. The van der Waals surface area contributed by atoms with Gasteiger partial charge in [-0.15, -0.1) is 0 Å². The molecule has 0 heteroatoms. The highest BCUT2D eigenvalue weighted by Crippen LogP contribution is 2.13. The molecule has 0 unspecified atom stereocenters. The minimum Gasteiger partial charge on any atom is -0.0885 e. The van der Waals surface area contributed by atoms with E-state index >= 15 is 0 Å². The summed E-state index contributed by atoms with van der Waals surface area (Å²) in [5.41, 5.74) is 0. The van der Waals surface area contributed by atoms with E-state index < -0.39 is 0 Å². The smallest absolute Gasteiger partial charge is 0.0316 e. The molecule has 0 atom stereocenters. The van der Waals surface area contributed by atoms with Crippen molar-refractivity contribution in [2.24, 2.45) is 0 Å². The monoisotopic (exact) mass is 527 g/mol. The lowest BCUT2D eigenvalue weighted by molar-refractivity contribution is 0.557. The van der Waals surface area contributed by atoms with Crippen LogP contribution >= 0.6 is 0 Å². The van der Waals surface area contributed by atoms with E-state index in [-0.39, 0.29) is 0 Å². The minimum absolute atomic E-state index is 1.19. The Bertz CT molecular complexity index is 472. The summed E-state index contributed by atoms with van der Waals surface area (Å²) < 4.78 is 0. The van der Waals surface area contributed by atoms with Gasteiger partial charge in [0.25, 0.3) is 0 Å². The number of hydrogen-bond donors (Lipinski definition) is 0. The fourth-order valence-corrected chi connectivity index (χ4v) is 5.02. The van der Waals surface area contributed by atoms with Crippen LogP contribution in [0.4, 0.5) is 0 Å². The summed E-state index contributed by atoms with van der Waals surface area (Å²) in [6, 6.07) is 0. The Morgan fingerprint density at radius 3 is 0.632 bits per heavy atom. The van der Waals surface area contributed by atoms with Crippen LogP contribution < -0.4 is 0 Å². The van der Waals surface area contributed by atoms with Crippen LogP contribution in [0.1, 0.15) is 194 Å². The first-order chi connectivity index (χ1) is 18.9. The zero-order chi connectivity index (χ0) is 27.5. The highest BCUT2D eigenvalue weighted by Gasteiger charge is 1.93. The Morgan fingerprint density at radius 1 is 0.211 bits per heavy atom. The van der Waals surface area contributed by atoms with Crippen molar-refractivity contribution in [1.82, 2.24) is 0 Å². The topological polar surface area (TPSA) is 0 Å². The maximum atomic E-state index is 2.41. The molecule has 0 aliphatic carbocycles. The van der Waals surface area contributed by atoms with Gasteiger partial charge in [-0.3, -0.25) is 0 Å². The highest BCUT2D eigenvalue weighted by molar-refractivity contribution is 4.92. The molecule has 0 radical (unpaired) electrons. The molecule has 0 saturated heterocycles. The van der Waals surface area contributed by atoms with Gasteiger partial charge in [-0.05, 0) is 64.2 Å². The van der Waals surface area contributed by atoms with Crippen molar-refractivity contribution in [3.63, 3.8) is 0 Å². The molecule has 0 rings (SSSR count). The lowest BCUT2D eigenvalue weighted by atomic mass is 10.1. The first-order valence-electron chi connectivity index (χ1n) is 17.5. The van der Waals surface area contributed by atoms with E-state index in [1.165, 1.54) is 180 Å². The number of rotatable bonds is 31. The van der Waals surface area contributed by atoms with Crippen molar-refractivity contribution in [2.45, 2.75) is 194 Å². The molecule has 222 valence electrons. The average Bonchev–Trinajstić information content (AvgIpc) is 2.93. The van der Waals surface area contributed by atoms with Gasteiger partial charge in [0.05, 0.1) is 0 Å². The fourth-order valence-electron chi connectivity index (χ4n) is 5.02. The summed E-state index contributed by atoms with van der Waals surface area (Å²) in [7, 11) is 0. The Kier molecular flexibility index (Phi) is 35.0. The van der Waals surface area contributed by atoms with Crippen molar-refractivity contribution in [3.8, 4) is 0 Å². The molecule has 0 spiro atoms. The molecule has 38 heavy (non-hydrogen) atoms. The highest BCUT2D eigenvalue weighted by atomic mass is 14.0. The van der Waals surface area contributed by atoms with E-state index in [9.17, 15) is 0 Å². The molecule has 0 aromatic heterocycles. The van der Waals surface area contributed by atoms with Crippen molar-refractivity contribution in [2.75, 3.05) is 0 Å². The SMILES string of the molecule is CCCCCCCCCCCC/C=C\CC/C=C\CC/C=C\CC/C=C\CCCCCCCCCCCC. The largest absolute Gasteiger partial charge is 0.0885 e. The Balaban J connectivity index is 3.27. The van der Waals surface area contributed by atoms with E-state index in [1.807, 2.05) is 0 Å². The van der Waals surface area contributed by atoms with Crippen molar-refractivity contribution < 1.29 is 0 Å². The van der Waals surface area contributed by atoms with Crippen LogP contribution in [0.5, 0.6) is 0 Å². The summed E-state index contributed by atoms with van der Waals surface area (Å²) in [6.45, 7) is 4.59. The normalized spacial score (nSPS) is 12.4. The van der Waals surface area contributed by atoms with Crippen LogP contribution in [0, 0.1) is 0 Å². The van der Waals surface area contributed by atoms with Crippen LogP contribution in [-0.2, 0) is 0 Å². The van der Waals surface area contributed by atoms with Gasteiger partial charge in [0.15, 0.2) is 0 Å². The van der Waals surface area contributed by atoms with Crippen LogP contribution in [0.2, 0.25) is 0 Å². The summed E-state index contributed by atoms with van der Waals surface area (Å²) in [5.74, 6) is 0. The molecule has 0 amide bonds. The lowest BCUT2D eigenvalue weighted by Crippen LogP contribution is -1.81. The molecule has 0 aliphatic heterocycles. The molecule has 0 heterocycles. The zero-order valence-corrected chi connectivity index (χ0v) is 26.4. The second-order valence-corrected chi connectivity index (χ2v) is 11.6. The summed E-state index contributed by atoms with van der Waals surface area (Å²) in [6.07, 6.45) is 57.4. The van der Waals surface area contributed by atoms with E-state index in [0.717, 1.165) is 0 Å². The quantitative estimate of drug-likeness (QED) is 0.0622. The third kappa shape index (κ3) is 35.0. The van der Waals surface area contributed by atoms with Gasteiger partial charge in [0, 0.05) is 0 Å². The van der Waals surface area contributed by atoms with Gasteiger partial charge >= 0.3 is 0 Å². The van der Waals surface area contributed by atoms with Gasteiger partial charge < -0.3 is 0 Å². The van der Waals surface area contributed by atoms with Crippen molar-refractivity contribution in [1.29, 1.82) is 0 Å². The van der Waals surface area contributed by atoms with Gasteiger partial charge in [-0.2, -0.15) is 0 Å². The van der Waals surface area contributed by atoms with E-state index in [2.05, 4.69) is 62.5 Å². The molecule has 0 saturated carbocycles.